The number of piperidine rings is 1. The zero-order valence-electron chi connectivity index (χ0n) is 24.0. The van der Waals surface area contributed by atoms with Gasteiger partial charge in [-0.15, -0.1) is 0 Å². The molecule has 3 aromatic rings. The first-order valence-electron chi connectivity index (χ1n) is 15.4. The summed E-state index contributed by atoms with van der Waals surface area (Å²) in [4.78, 5) is 15.9. The number of carbonyl (C=O) groups is 1. The third kappa shape index (κ3) is 4.49. The Morgan fingerprint density at radius 1 is 0.930 bits per heavy atom. The van der Waals surface area contributed by atoms with Gasteiger partial charge in [0.25, 0.3) is 0 Å². The van der Waals surface area contributed by atoms with Crippen molar-refractivity contribution in [3.63, 3.8) is 0 Å². The number of nitrogens with zero attached hydrogens (tertiary/aromatic N) is 1. The van der Waals surface area contributed by atoms with Crippen molar-refractivity contribution in [1.29, 1.82) is 0 Å². The molecule has 0 aromatic heterocycles. The first kappa shape index (κ1) is 27.5. The number of rotatable bonds is 10. The van der Waals surface area contributed by atoms with Gasteiger partial charge < -0.3 is 14.4 Å². The van der Waals surface area contributed by atoms with Gasteiger partial charge in [0.1, 0.15) is 0 Å². The van der Waals surface area contributed by atoms with Gasteiger partial charge in [-0.05, 0) is 67.3 Å². The number of ketones is 1. The van der Waals surface area contributed by atoms with E-state index in [0.29, 0.717) is 30.9 Å². The monoisotopic (exact) mass is 601 g/mol. The van der Waals surface area contributed by atoms with Crippen LogP contribution in [0.1, 0.15) is 54.4 Å². The number of likely N-dealkylation sites (tertiary alicyclic amines) is 1. The number of hydrogen-bond donors (Lipinski definition) is 1. The fourth-order valence-electron chi connectivity index (χ4n) is 7.99. The molecular formula is C34H36NO7P. The van der Waals surface area contributed by atoms with Crippen LogP contribution >= 0.6 is 7.82 Å². The second-order valence-corrected chi connectivity index (χ2v) is 14.3. The van der Waals surface area contributed by atoms with Gasteiger partial charge in [0, 0.05) is 24.6 Å². The minimum absolute atomic E-state index is 0.00194. The third-order valence-corrected chi connectivity index (χ3v) is 11.5. The number of phosphoric ester groups is 1. The molecule has 8 nitrogen and oxygen atoms in total. The fraction of sp³-hybridized carbons (Fsp3) is 0.441. The van der Waals surface area contributed by atoms with Gasteiger partial charge in [0.05, 0.1) is 24.2 Å². The quantitative estimate of drug-likeness (QED) is 0.294. The van der Waals surface area contributed by atoms with E-state index in [1.165, 1.54) is 12.8 Å². The molecule has 1 spiro atoms. The van der Waals surface area contributed by atoms with Crippen LogP contribution in [-0.4, -0.2) is 46.6 Å². The summed E-state index contributed by atoms with van der Waals surface area (Å²) in [6, 6.07) is 22.5. The molecule has 0 radical (unpaired) electrons. The number of phosphoric acid groups is 1. The maximum Gasteiger partial charge on any atom is 0.530 e. The largest absolute Gasteiger partial charge is 0.530 e. The summed E-state index contributed by atoms with van der Waals surface area (Å²) in [5.41, 5.74) is 1.60. The number of Topliss-reactive ketones (excluding diaryl/α,β-unsaturated/α-hetero) is 1. The lowest BCUT2D eigenvalue weighted by Crippen LogP contribution is -2.76. The van der Waals surface area contributed by atoms with Crippen molar-refractivity contribution < 1.29 is 32.8 Å². The van der Waals surface area contributed by atoms with E-state index in [2.05, 4.69) is 4.90 Å². The molecule has 4 atom stereocenters. The molecule has 2 aliphatic heterocycles. The molecule has 2 heterocycles. The Morgan fingerprint density at radius 3 is 2.26 bits per heavy atom. The van der Waals surface area contributed by atoms with Crippen LogP contribution in [0.5, 0.6) is 11.5 Å². The lowest BCUT2D eigenvalue weighted by atomic mass is 9.49. The molecule has 224 valence electrons. The number of hydrogen-bond acceptors (Lipinski definition) is 8. The highest BCUT2D eigenvalue weighted by Gasteiger charge is 2.73. The van der Waals surface area contributed by atoms with Gasteiger partial charge in [0.2, 0.25) is 0 Å². The Kier molecular flexibility index (Phi) is 6.59. The predicted octanol–water partition coefficient (Wildman–Crippen LogP) is 5.74. The SMILES string of the molecule is O=C1CC[C@@]2(O)C3Cc4ccc(OP(=O)(OCc5ccccc5)OCc5ccccc5)c5c4[C@@]2(CCN3CC2CC2)[C@H]1O5. The average Bonchev–Trinajstić information content (AvgIpc) is 3.77. The van der Waals surface area contributed by atoms with E-state index in [-0.39, 0.29) is 37.2 Å². The summed E-state index contributed by atoms with van der Waals surface area (Å²) in [5.74, 6) is 1.29. The molecule has 2 bridgehead atoms. The number of carbonyl (C=O) groups excluding carboxylic acids is 1. The normalized spacial score (nSPS) is 29.2. The van der Waals surface area contributed by atoms with Gasteiger partial charge in [-0.1, -0.05) is 66.7 Å². The summed E-state index contributed by atoms with van der Waals surface area (Å²) < 4.78 is 38.7. The van der Waals surface area contributed by atoms with E-state index in [1.54, 1.807) is 6.07 Å². The van der Waals surface area contributed by atoms with Gasteiger partial charge >= 0.3 is 7.82 Å². The Hall–Kier alpha value is -3.00. The topological polar surface area (TPSA) is 94.5 Å². The van der Waals surface area contributed by atoms with Crippen LogP contribution in [0.15, 0.2) is 72.8 Å². The summed E-state index contributed by atoms with van der Waals surface area (Å²) in [5, 5.41) is 12.6. The number of benzene rings is 3. The Morgan fingerprint density at radius 2 is 1.60 bits per heavy atom. The smallest absolute Gasteiger partial charge is 0.477 e. The Labute approximate surface area is 251 Å². The first-order chi connectivity index (χ1) is 20.9. The Balaban J connectivity index is 1.16. The lowest BCUT2D eigenvalue weighted by Gasteiger charge is -2.62. The molecule has 0 amide bonds. The maximum atomic E-state index is 14.3. The van der Waals surface area contributed by atoms with Crippen LogP contribution < -0.4 is 9.26 Å². The van der Waals surface area contributed by atoms with E-state index in [1.807, 2.05) is 66.7 Å². The van der Waals surface area contributed by atoms with Gasteiger partial charge in [-0.3, -0.25) is 18.7 Å². The molecule has 8 rings (SSSR count). The van der Waals surface area contributed by atoms with Crippen LogP contribution in [-0.2, 0) is 43.5 Å². The molecule has 2 saturated carbocycles. The highest BCUT2D eigenvalue weighted by atomic mass is 31.2. The van der Waals surface area contributed by atoms with E-state index in [4.69, 9.17) is 18.3 Å². The van der Waals surface area contributed by atoms with Crippen LogP contribution in [0, 0.1) is 5.92 Å². The van der Waals surface area contributed by atoms with E-state index in [9.17, 15) is 14.5 Å². The van der Waals surface area contributed by atoms with Crippen molar-refractivity contribution in [1.82, 2.24) is 4.90 Å². The van der Waals surface area contributed by atoms with Crippen LogP contribution in [0.2, 0.25) is 0 Å². The number of ether oxygens (including phenoxy) is 1. The Bertz CT molecular complexity index is 1550. The second-order valence-electron chi connectivity index (χ2n) is 12.8. The maximum absolute atomic E-state index is 14.3. The zero-order chi connectivity index (χ0) is 29.2. The van der Waals surface area contributed by atoms with Crippen LogP contribution in [0.3, 0.4) is 0 Å². The summed E-state index contributed by atoms with van der Waals surface area (Å²) in [7, 11) is -4.17. The van der Waals surface area contributed by atoms with E-state index < -0.39 is 24.9 Å². The average molecular weight is 602 g/mol. The van der Waals surface area contributed by atoms with Crippen LogP contribution in [0.25, 0.3) is 0 Å². The van der Waals surface area contributed by atoms with Crippen molar-refractivity contribution in [3.05, 3.63) is 95.1 Å². The van der Waals surface area contributed by atoms with Crippen LogP contribution in [0.4, 0.5) is 0 Å². The minimum atomic E-state index is -4.17. The van der Waals surface area contributed by atoms with Crippen molar-refractivity contribution >= 4 is 13.6 Å². The molecule has 1 saturated heterocycles. The third-order valence-electron chi connectivity index (χ3n) is 10.2. The molecule has 9 heteroatoms. The summed E-state index contributed by atoms with van der Waals surface area (Å²) in [6.07, 6.45) is 3.68. The highest BCUT2D eigenvalue weighted by molar-refractivity contribution is 7.48. The molecule has 3 fully saturated rings. The fourth-order valence-corrected chi connectivity index (χ4v) is 9.17. The van der Waals surface area contributed by atoms with Gasteiger partial charge in [0.15, 0.2) is 23.4 Å². The van der Waals surface area contributed by atoms with Gasteiger partial charge in [-0.25, -0.2) is 4.57 Å². The van der Waals surface area contributed by atoms with E-state index in [0.717, 1.165) is 35.3 Å². The second kappa shape index (κ2) is 10.3. The van der Waals surface area contributed by atoms with Crippen molar-refractivity contribution in [2.75, 3.05) is 13.1 Å². The number of aliphatic hydroxyl groups is 1. The molecule has 3 aliphatic carbocycles. The lowest BCUT2D eigenvalue weighted by molar-refractivity contribution is -0.188. The van der Waals surface area contributed by atoms with Crippen molar-refractivity contribution in [2.24, 2.45) is 5.92 Å². The summed E-state index contributed by atoms with van der Waals surface area (Å²) >= 11 is 0. The molecule has 3 aromatic carbocycles. The van der Waals surface area contributed by atoms with Gasteiger partial charge in [-0.2, -0.15) is 0 Å². The zero-order valence-corrected chi connectivity index (χ0v) is 24.9. The van der Waals surface area contributed by atoms with Crippen molar-refractivity contribution in [2.45, 2.75) is 74.9 Å². The highest BCUT2D eigenvalue weighted by Crippen LogP contribution is 2.66. The van der Waals surface area contributed by atoms with Crippen molar-refractivity contribution in [3.8, 4) is 11.5 Å². The molecule has 5 aliphatic rings. The van der Waals surface area contributed by atoms with E-state index >= 15 is 0 Å². The molecule has 43 heavy (non-hydrogen) atoms. The molecule has 1 N–H and O–H groups in total. The first-order valence-corrected chi connectivity index (χ1v) is 16.8. The minimum Gasteiger partial charge on any atom is -0.477 e. The molecular weight excluding hydrogens is 565 g/mol. The molecule has 1 unspecified atom stereocenters. The summed E-state index contributed by atoms with van der Waals surface area (Å²) in [6.45, 7) is 1.85. The predicted molar refractivity (Wildman–Crippen MR) is 159 cm³/mol. The standard InChI is InChI=1S/C34H36NO7P/c36-27-15-16-34(37)29-19-26-13-14-28(31-30(26)33(34,32(27)41-31)17-18-35(29)20-23-11-12-23)42-43(38,39-21-24-7-3-1-4-8-24)40-22-25-9-5-2-6-10-25/h1-10,13-14,23,29,32,37H,11-12,15-22H2/t29?,32-,33-,34+/m0/s1.